The molecule has 0 heterocycles. The number of carboxylic acid groups (broad SMARTS) is 1. The largest absolute Gasteiger partial charge is 0.481 e. The third kappa shape index (κ3) is 6.44. The van der Waals surface area contributed by atoms with Crippen LogP contribution in [0.3, 0.4) is 0 Å². The molecule has 0 aromatic carbocycles. The van der Waals surface area contributed by atoms with Crippen LogP contribution in [0.5, 0.6) is 0 Å². The second-order valence-electron chi connectivity index (χ2n) is 5.07. The molecule has 7 nitrogen and oxygen atoms in total. The lowest BCUT2D eigenvalue weighted by atomic mass is 9.88. The molecule has 0 unspecified atom stereocenters. The zero-order valence-corrected chi connectivity index (χ0v) is 12.0. The van der Waals surface area contributed by atoms with Gasteiger partial charge in [0.25, 0.3) is 0 Å². The molecule has 1 rings (SSSR count). The van der Waals surface area contributed by atoms with Crippen LogP contribution in [0, 0.1) is 11.8 Å². The van der Waals surface area contributed by atoms with E-state index in [-0.39, 0.29) is 30.6 Å². The molecule has 0 aromatic rings. The molecule has 0 radical (unpaired) electrons. The second kappa shape index (κ2) is 7.70. The molecule has 2 N–H and O–H groups in total. The molecule has 0 spiro atoms. The Hall–Kier alpha value is -0.990. The standard InChI is InChI=1S/C12H20O7S/c13-11-6-5-9(8-12(14)15)10(11)4-2-1-3-7-19-20(16,17)18/h9-10H,1-8H2,(H,14,15)(H,16,17,18)/t9-,10-/m1/s1. The predicted molar refractivity (Wildman–Crippen MR) is 69.4 cm³/mol. The Morgan fingerprint density at radius 1 is 1.30 bits per heavy atom. The molecular weight excluding hydrogens is 288 g/mol. The highest BCUT2D eigenvalue weighted by Gasteiger charge is 2.35. The quantitative estimate of drug-likeness (QED) is 0.488. The Morgan fingerprint density at radius 2 is 2.00 bits per heavy atom. The van der Waals surface area contributed by atoms with Gasteiger partial charge in [0.15, 0.2) is 0 Å². The molecule has 116 valence electrons. The van der Waals surface area contributed by atoms with Gasteiger partial charge in [-0.15, -0.1) is 0 Å². The van der Waals surface area contributed by atoms with E-state index in [9.17, 15) is 18.0 Å². The van der Waals surface area contributed by atoms with Crippen molar-refractivity contribution in [2.45, 2.75) is 44.9 Å². The molecule has 1 aliphatic carbocycles. The molecular formula is C12H20O7S. The summed E-state index contributed by atoms with van der Waals surface area (Å²) in [4.78, 5) is 22.4. The second-order valence-corrected chi connectivity index (χ2v) is 6.16. The Morgan fingerprint density at radius 3 is 2.60 bits per heavy atom. The van der Waals surface area contributed by atoms with Crippen molar-refractivity contribution in [3.8, 4) is 0 Å². The molecule has 0 amide bonds. The van der Waals surface area contributed by atoms with Gasteiger partial charge < -0.3 is 5.11 Å². The van der Waals surface area contributed by atoms with Gasteiger partial charge in [0.05, 0.1) is 6.61 Å². The van der Waals surface area contributed by atoms with Crippen LogP contribution < -0.4 is 0 Å². The summed E-state index contributed by atoms with van der Waals surface area (Å²) < 4.78 is 33.1. The Kier molecular flexibility index (Phi) is 6.57. The number of hydrogen-bond donors (Lipinski definition) is 2. The lowest BCUT2D eigenvalue weighted by Gasteiger charge is -2.16. The van der Waals surface area contributed by atoms with E-state index >= 15 is 0 Å². The van der Waals surface area contributed by atoms with Crippen molar-refractivity contribution in [1.29, 1.82) is 0 Å². The van der Waals surface area contributed by atoms with Crippen molar-refractivity contribution in [3.63, 3.8) is 0 Å². The van der Waals surface area contributed by atoms with Gasteiger partial charge in [-0.2, -0.15) is 8.42 Å². The van der Waals surface area contributed by atoms with Gasteiger partial charge in [-0.05, 0) is 25.2 Å². The summed E-state index contributed by atoms with van der Waals surface area (Å²) in [5.41, 5.74) is 0. The summed E-state index contributed by atoms with van der Waals surface area (Å²) in [6.07, 6.45) is 3.59. The van der Waals surface area contributed by atoms with E-state index in [0.29, 0.717) is 38.5 Å². The molecule has 1 fully saturated rings. The lowest BCUT2D eigenvalue weighted by molar-refractivity contribution is -0.138. The van der Waals surface area contributed by atoms with E-state index in [1.807, 2.05) is 0 Å². The highest BCUT2D eigenvalue weighted by Crippen LogP contribution is 2.34. The van der Waals surface area contributed by atoms with Gasteiger partial charge in [-0.25, -0.2) is 4.18 Å². The fourth-order valence-corrected chi connectivity index (χ4v) is 2.98. The summed E-state index contributed by atoms with van der Waals surface area (Å²) in [6.45, 7) is -0.0873. The molecule has 20 heavy (non-hydrogen) atoms. The van der Waals surface area contributed by atoms with Gasteiger partial charge in [0.1, 0.15) is 5.78 Å². The van der Waals surface area contributed by atoms with E-state index in [1.54, 1.807) is 0 Å². The minimum absolute atomic E-state index is 0.0300. The van der Waals surface area contributed by atoms with Crippen LogP contribution in [0.2, 0.25) is 0 Å². The average molecular weight is 308 g/mol. The summed E-state index contributed by atoms with van der Waals surface area (Å²) in [6, 6.07) is 0. The lowest BCUT2D eigenvalue weighted by Crippen LogP contribution is -2.17. The first-order valence-corrected chi connectivity index (χ1v) is 8.02. The summed E-state index contributed by atoms with van der Waals surface area (Å²) in [5, 5.41) is 8.79. The molecule has 8 heteroatoms. The van der Waals surface area contributed by atoms with E-state index in [0.717, 1.165) is 0 Å². The number of ketones is 1. The zero-order chi connectivity index (χ0) is 15.2. The number of rotatable bonds is 9. The number of hydrogen-bond acceptors (Lipinski definition) is 5. The molecule has 0 aromatic heterocycles. The van der Waals surface area contributed by atoms with E-state index < -0.39 is 16.4 Å². The van der Waals surface area contributed by atoms with Crippen LogP contribution in [0.25, 0.3) is 0 Å². The first-order valence-electron chi connectivity index (χ1n) is 6.66. The van der Waals surface area contributed by atoms with Gasteiger partial charge in [-0.3, -0.25) is 14.1 Å². The molecule has 0 bridgehead atoms. The monoisotopic (exact) mass is 308 g/mol. The van der Waals surface area contributed by atoms with Crippen LogP contribution in [-0.4, -0.2) is 36.4 Å². The van der Waals surface area contributed by atoms with Gasteiger partial charge >= 0.3 is 16.4 Å². The minimum Gasteiger partial charge on any atom is -0.481 e. The van der Waals surface area contributed by atoms with Gasteiger partial charge in [-0.1, -0.05) is 12.8 Å². The molecule has 2 atom stereocenters. The van der Waals surface area contributed by atoms with Crippen molar-refractivity contribution in [3.05, 3.63) is 0 Å². The van der Waals surface area contributed by atoms with Crippen LogP contribution in [0.15, 0.2) is 0 Å². The van der Waals surface area contributed by atoms with Crippen LogP contribution in [0.1, 0.15) is 44.9 Å². The van der Waals surface area contributed by atoms with Crippen molar-refractivity contribution < 1.29 is 31.8 Å². The Balaban J connectivity index is 2.22. The zero-order valence-electron chi connectivity index (χ0n) is 11.2. The van der Waals surface area contributed by atoms with Gasteiger partial charge in [0.2, 0.25) is 0 Å². The van der Waals surface area contributed by atoms with Gasteiger partial charge in [0, 0.05) is 18.8 Å². The third-order valence-electron chi connectivity index (χ3n) is 3.57. The van der Waals surface area contributed by atoms with E-state index in [1.165, 1.54) is 0 Å². The maximum atomic E-state index is 11.7. The smallest absolute Gasteiger partial charge is 0.397 e. The summed E-state index contributed by atoms with van der Waals surface area (Å²) in [5.74, 6) is -1.01. The van der Waals surface area contributed by atoms with E-state index in [4.69, 9.17) is 9.66 Å². The molecule has 1 saturated carbocycles. The molecule has 1 aliphatic rings. The normalized spacial score (nSPS) is 23.1. The van der Waals surface area contributed by atoms with Crippen LogP contribution >= 0.6 is 0 Å². The first kappa shape index (κ1) is 17.1. The number of aliphatic carboxylic acids is 1. The number of unbranched alkanes of at least 4 members (excludes halogenated alkanes) is 2. The van der Waals surface area contributed by atoms with Crippen LogP contribution in [0.4, 0.5) is 0 Å². The number of carboxylic acids is 1. The fourth-order valence-electron chi connectivity index (χ4n) is 2.65. The average Bonchev–Trinajstić information content (AvgIpc) is 2.63. The Bertz CT molecular complexity index is 443. The first-order chi connectivity index (χ1) is 9.29. The van der Waals surface area contributed by atoms with Crippen molar-refractivity contribution in [1.82, 2.24) is 0 Å². The van der Waals surface area contributed by atoms with Crippen molar-refractivity contribution >= 4 is 22.2 Å². The number of carbonyl (C=O) groups excluding carboxylic acids is 1. The van der Waals surface area contributed by atoms with Crippen LogP contribution in [-0.2, 0) is 24.2 Å². The predicted octanol–water partition coefficient (Wildman–Crippen LogP) is 1.44. The summed E-state index contributed by atoms with van der Waals surface area (Å²) >= 11 is 0. The highest BCUT2D eigenvalue weighted by molar-refractivity contribution is 7.80. The highest BCUT2D eigenvalue weighted by atomic mass is 32.3. The third-order valence-corrected chi connectivity index (χ3v) is 4.04. The number of carbonyl (C=O) groups is 2. The van der Waals surface area contributed by atoms with Crippen molar-refractivity contribution in [2.75, 3.05) is 6.61 Å². The van der Waals surface area contributed by atoms with E-state index in [2.05, 4.69) is 4.18 Å². The maximum absolute atomic E-state index is 11.7. The molecule has 0 aliphatic heterocycles. The maximum Gasteiger partial charge on any atom is 0.397 e. The number of Topliss-reactive ketones (excluding diaryl/α,β-unsaturated/α-hetero) is 1. The molecule has 0 saturated heterocycles. The summed E-state index contributed by atoms with van der Waals surface area (Å²) in [7, 11) is -4.38. The topological polar surface area (TPSA) is 118 Å². The minimum atomic E-state index is -4.38. The Labute approximate surface area is 118 Å². The van der Waals surface area contributed by atoms with Crippen molar-refractivity contribution in [2.24, 2.45) is 11.8 Å². The fraction of sp³-hybridized carbons (Fsp3) is 0.833. The SMILES string of the molecule is O=C(O)C[C@H]1CCC(=O)[C@@H]1CCCCCOS(=O)(=O)O.